The third-order valence-electron chi connectivity index (χ3n) is 2.42. The molecule has 19 heavy (non-hydrogen) atoms. The van der Waals surface area contributed by atoms with Crippen molar-refractivity contribution >= 4 is 27.5 Å². The first-order chi connectivity index (χ1) is 8.87. The molecule has 1 rings (SSSR count). The van der Waals surface area contributed by atoms with Gasteiger partial charge in [-0.1, -0.05) is 15.9 Å². The van der Waals surface area contributed by atoms with Crippen molar-refractivity contribution in [2.24, 2.45) is 0 Å². The number of nitrogens with zero attached hydrogens (tertiary/aromatic N) is 1. The van der Waals surface area contributed by atoms with E-state index in [0.717, 1.165) is 0 Å². The van der Waals surface area contributed by atoms with Gasteiger partial charge in [0.15, 0.2) is 11.6 Å². The van der Waals surface area contributed by atoms with Crippen molar-refractivity contribution in [1.29, 1.82) is 5.26 Å². The minimum atomic E-state index is -1.67. The molecule has 0 heterocycles. The van der Waals surface area contributed by atoms with Crippen molar-refractivity contribution in [3.05, 3.63) is 23.5 Å². The zero-order valence-corrected chi connectivity index (χ0v) is 11.9. The van der Waals surface area contributed by atoms with Crippen LogP contribution in [0.1, 0.15) is 12.5 Å². The number of rotatable bonds is 4. The molecule has 0 saturated heterocycles. The molecular weight excluding hydrogens is 319 g/mol. The molecule has 0 radical (unpaired) electrons. The summed E-state index contributed by atoms with van der Waals surface area (Å²) in [7, 11) is 1.22. The van der Waals surface area contributed by atoms with Gasteiger partial charge in [-0.15, -0.1) is 0 Å². The van der Waals surface area contributed by atoms with Crippen LogP contribution in [-0.4, -0.2) is 29.1 Å². The lowest BCUT2D eigenvalue weighted by atomic mass is 10.1. The summed E-state index contributed by atoms with van der Waals surface area (Å²) in [5.74, 6) is -1.88. The Hall–Kier alpha value is -1.65. The molecule has 0 spiro atoms. The lowest BCUT2D eigenvalue weighted by molar-refractivity contribution is -0.130. The third kappa shape index (κ3) is 3.22. The Morgan fingerprint density at radius 1 is 1.68 bits per heavy atom. The number of hydrogen-bond donors (Lipinski definition) is 2. The highest BCUT2D eigenvalue weighted by Gasteiger charge is 2.30. The van der Waals surface area contributed by atoms with E-state index in [2.05, 4.69) is 21.2 Å². The van der Waals surface area contributed by atoms with E-state index in [1.165, 1.54) is 26.2 Å². The Bertz CT molecular complexity index is 541. The Morgan fingerprint density at radius 2 is 2.32 bits per heavy atom. The average Bonchev–Trinajstić information content (AvgIpc) is 2.40. The van der Waals surface area contributed by atoms with Crippen molar-refractivity contribution in [3.63, 3.8) is 0 Å². The average molecular weight is 331 g/mol. The van der Waals surface area contributed by atoms with Crippen LogP contribution in [-0.2, 0) is 4.79 Å². The van der Waals surface area contributed by atoms with Crippen LogP contribution in [0.15, 0.2) is 12.1 Å². The molecule has 5 nitrogen and oxygen atoms in total. The molecular formula is C12H12BrFN2O3. The second-order valence-electron chi connectivity index (χ2n) is 3.98. The van der Waals surface area contributed by atoms with Gasteiger partial charge in [-0.2, -0.15) is 5.26 Å². The van der Waals surface area contributed by atoms with Crippen LogP contribution in [0.4, 0.5) is 10.1 Å². The number of anilines is 1. The van der Waals surface area contributed by atoms with E-state index >= 15 is 0 Å². The number of hydrogen-bond acceptors (Lipinski definition) is 4. The van der Waals surface area contributed by atoms with Crippen LogP contribution >= 0.6 is 15.9 Å². The number of nitriles is 1. The maximum Gasteiger partial charge on any atom is 0.256 e. The lowest BCUT2D eigenvalue weighted by Crippen LogP contribution is -2.41. The molecule has 0 saturated carbocycles. The first-order valence-corrected chi connectivity index (χ1v) is 6.36. The van der Waals surface area contributed by atoms with Crippen molar-refractivity contribution in [3.8, 4) is 11.8 Å². The molecule has 0 aliphatic rings. The number of methoxy groups -OCH3 is 1. The van der Waals surface area contributed by atoms with Crippen LogP contribution < -0.4 is 10.1 Å². The SMILES string of the molecule is COc1c(C#N)ccc(NC(=O)C(C)(O)CBr)c1F. The molecule has 7 heteroatoms. The highest BCUT2D eigenvalue weighted by molar-refractivity contribution is 9.09. The number of alkyl halides is 1. The summed E-state index contributed by atoms with van der Waals surface area (Å²) < 4.78 is 18.8. The van der Waals surface area contributed by atoms with Gasteiger partial charge in [0.05, 0.1) is 18.4 Å². The van der Waals surface area contributed by atoms with E-state index in [0.29, 0.717) is 0 Å². The van der Waals surface area contributed by atoms with Crippen molar-refractivity contribution in [2.45, 2.75) is 12.5 Å². The minimum absolute atomic E-state index is 0.000860. The van der Waals surface area contributed by atoms with Crippen molar-refractivity contribution in [1.82, 2.24) is 0 Å². The van der Waals surface area contributed by atoms with Gasteiger partial charge in [-0.05, 0) is 19.1 Å². The molecule has 0 aromatic heterocycles. The molecule has 1 aromatic rings. The number of aliphatic hydroxyl groups is 1. The summed E-state index contributed by atoms with van der Waals surface area (Å²) >= 11 is 2.98. The van der Waals surface area contributed by atoms with Crippen molar-refractivity contribution in [2.75, 3.05) is 17.8 Å². The summed E-state index contributed by atoms with van der Waals surface area (Å²) in [6, 6.07) is 4.33. The molecule has 102 valence electrons. The maximum absolute atomic E-state index is 14.0. The van der Waals surface area contributed by atoms with Gasteiger partial charge in [-0.25, -0.2) is 4.39 Å². The number of carbonyl (C=O) groups is 1. The number of halogens is 2. The fraction of sp³-hybridized carbons (Fsp3) is 0.333. The largest absolute Gasteiger partial charge is 0.492 e. The fourth-order valence-corrected chi connectivity index (χ4v) is 1.51. The number of carbonyl (C=O) groups excluding carboxylic acids is 1. The fourth-order valence-electron chi connectivity index (χ4n) is 1.26. The first-order valence-electron chi connectivity index (χ1n) is 5.23. The molecule has 0 fully saturated rings. The summed E-state index contributed by atoms with van der Waals surface area (Å²) in [6.07, 6.45) is 0. The van der Waals surface area contributed by atoms with E-state index in [9.17, 15) is 14.3 Å². The molecule has 0 bridgehead atoms. The summed E-state index contributed by atoms with van der Waals surface area (Å²) in [4.78, 5) is 11.7. The zero-order valence-electron chi connectivity index (χ0n) is 10.3. The number of amides is 1. The Balaban J connectivity index is 3.11. The van der Waals surface area contributed by atoms with Crippen LogP contribution in [0.5, 0.6) is 5.75 Å². The quantitative estimate of drug-likeness (QED) is 0.824. The van der Waals surface area contributed by atoms with Gasteiger partial charge in [0, 0.05) is 5.33 Å². The molecule has 1 amide bonds. The van der Waals surface area contributed by atoms with Crippen LogP contribution in [0.2, 0.25) is 0 Å². The summed E-state index contributed by atoms with van der Waals surface area (Å²) in [6.45, 7) is 1.29. The smallest absolute Gasteiger partial charge is 0.256 e. The highest BCUT2D eigenvalue weighted by Crippen LogP contribution is 2.28. The molecule has 1 atom stereocenters. The predicted octanol–water partition coefficient (Wildman–Crippen LogP) is 1.79. The maximum atomic E-state index is 14.0. The molecule has 1 unspecified atom stereocenters. The second kappa shape index (κ2) is 5.99. The Labute approximate surface area is 118 Å². The molecule has 2 N–H and O–H groups in total. The topological polar surface area (TPSA) is 82.3 Å². The highest BCUT2D eigenvalue weighted by atomic mass is 79.9. The number of ether oxygens (including phenoxy) is 1. The van der Waals surface area contributed by atoms with E-state index in [1.807, 2.05) is 0 Å². The van der Waals surface area contributed by atoms with Gasteiger partial charge >= 0.3 is 0 Å². The summed E-state index contributed by atoms with van der Waals surface area (Å²) in [5.41, 5.74) is -1.82. The van der Waals surface area contributed by atoms with Gasteiger partial charge in [0.1, 0.15) is 11.7 Å². The normalized spacial score (nSPS) is 13.3. The monoisotopic (exact) mass is 330 g/mol. The minimum Gasteiger partial charge on any atom is -0.492 e. The van der Waals surface area contributed by atoms with Crippen LogP contribution in [0, 0.1) is 17.1 Å². The third-order valence-corrected chi connectivity index (χ3v) is 3.51. The number of nitrogens with one attached hydrogen (secondary N) is 1. The Kier molecular flexibility index (Phi) is 4.86. The van der Waals surface area contributed by atoms with Crippen molar-refractivity contribution < 1.29 is 19.0 Å². The second-order valence-corrected chi connectivity index (χ2v) is 4.54. The van der Waals surface area contributed by atoms with E-state index < -0.39 is 17.3 Å². The zero-order chi connectivity index (χ0) is 14.6. The van der Waals surface area contributed by atoms with E-state index in [4.69, 9.17) is 10.00 Å². The summed E-state index contributed by atoms with van der Waals surface area (Å²) in [5, 5.41) is 20.7. The van der Waals surface area contributed by atoms with E-state index in [1.54, 1.807) is 6.07 Å². The van der Waals surface area contributed by atoms with Gasteiger partial charge in [-0.3, -0.25) is 4.79 Å². The predicted molar refractivity (Wildman–Crippen MR) is 70.7 cm³/mol. The van der Waals surface area contributed by atoms with Gasteiger partial charge in [0.2, 0.25) is 0 Å². The number of benzene rings is 1. The van der Waals surface area contributed by atoms with Crippen LogP contribution in [0.25, 0.3) is 0 Å². The van der Waals surface area contributed by atoms with E-state index in [-0.39, 0.29) is 22.3 Å². The molecule has 0 aliphatic carbocycles. The first kappa shape index (κ1) is 15.4. The van der Waals surface area contributed by atoms with Crippen LogP contribution in [0.3, 0.4) is 0 Å². The molecule has 1 aromatic carbocycles. The Morgan fingerprint density at radius 3 is 2.79 bits per heavy atom. The lowest BCUT2D eigenvalue weighted by Gasteiger charge is -2.20. The van der Waals surface area contributed by atoms with Gasteiger partial charge < -0.3 is 15.2 Å². The molecule has 0 aliphatic heterocycles. The standard InChI is InChI=1S/C12H12BrFN2O3/c1-12(18,6-13)11(17)16-8-4-3-7(5-15)10(19-2)9(8)14/h3-4,18H,6H2,1-2H3,(H,16,17). The van der Waals surface area contributed by atoms with Gasteiger partial charge in [0.25, 0.3) is 5.91 Å².